The molecule has 0 bridgehead atoms. The van der Waals surface area contributed by atoms with Crippen molar-refractivity contribution in [3.05, 3.63) is 59.7 Å². The van der Waals surface area contributed by atoms with Crippen molar-refractivity contribution in [3.63, 3.8) is 0 Å². The molecule has 1 saturated carbocycles. The van der Waals surface area contributed by atoms with Gasteiger partial charge in [0.05, 0.1) is 13.7 Å². The van der Waals surface area contributed by atoms with Crippen LogP contribution in [0, 0.1) is 11.8 Å². The Morgan fingerprint density at radius 3 is 2.30 bits per heavy atom. The summed E-state index contributed by atoms with van der Waals surface area (Å²) in [6.07, 6.45) is 2.86. The first-order chi connectivity index (χ1) is 20.9. The number of benzene rings is 2. The maximum Gasteiger partial charge on any atom is 0.320 e. The molecule has 43 heavy (non-hydrogen) atoms. The first-order valence-corrected chi connectivity index (χ1v) is 15.8. The molecule has 2 atom stereocenters. The van der Waals surface area contributed by atoms with Gasteiger partial charge in [0.1, 0.15) is 0 Å². The van der Waals surface area contributed by atoms with E-state index < -0.39 is 0 Å². The molecule has 0 unspecified atom stereocenters. The summed E-state index contributed by atoms with van der Waals surface area (Å²) >= 11 is 0. The van der Waals surface area contributed by atoms with Gasteiger partial charge in [-0.1, -0.05) is 30.3 Å². The number of hydrogen-bond acceptors (Lipinski definition) is 6. The van der Waals surface area contributed by atoms with E-state index in [4.69, 9.17) is 14.2 Å². The van der Waals surface area contributed by atoms with Crippen LogP contribution in [0.15, 0.2) is 48.5 Å². The van der Waals surface area contributed by atoms with Gasteiger partial charge in [-0.3, -0.25) is 4.79 Å². The SMILES string of the molecule is CCN(Cc1ccccc1)C(=O)N(C[C@H]1CNC[C@H]1CN(C(=O)c1ccc(OC)c(OCCCOC)c1)C(C)C)C1CC1. The summed E-state index contributed by atoms with van der Waals surface area (Å²) in [5, 5.41) is 3.55. The predicted molar refractivity (Wildman–Crippen MR) is 169 cm³/mol. The number of amides is 3. The molecule has 3 amide bonds. The molecule has 0 spiro atoms. The van der Waals surface area contributed by atoms with Crippen molar-refractivity contribution in [2.24, 2.45) is 11.8 Å². The Bertz CT molecular complexity index is 1170. The van der Waals surface area contributed by atoms with Gasteiger partial charge in [-0.25, -0.2) is 4.79 Å². The average molecular weight is 595 g/mol. The highest BCUT2D eigenvalue weighted by Gasteiger charge is 2.39. The van der Waals surface area contributed by atoms with E-state index in [9.17, 15) is 9.59 Å². The summed E-state index contributed by atoms with van der Waals surface area (Å²) in [6.45, 7) is 11.5. The topological polar surface area (TPSA) is 83.6 Å². The van der Waals surface area contributed by atoms with Crippen molar-refractivity contribution in [2.45, 2.75) is 58.7 Å². The van der Waals surface area contributed by atoms with Gasteiger partial charge in [-0.2, -0.15) is 0 Å². The van der Waals surface area contributed by atoms with Gasteiger partial charge in [0, 0.05) is 77.1 Å². The Labute approximate surface area is 257 Å². The van der Waals surface area contributed by atoms with Crippen molar-refractivity contribution in [1.29, 1.82) is 0 Å². The second-order valence-corrected chi connectivity index (χ2v) is 12.0. The van der Waals surface area contributed by atoms with E-state index in [1.54, 1.807) is 26.4 Å². The number of hydrogen-bond donors (Lipinski definition) is 1. The second kappa shape index (κ2) is 16.0. The highest BCUT2D eigenvalue weighted by molar-refractivity contribution is 5.95. The molecule has 0 radical (unpaired) electrons. The maximum absolute atomic E-state index is 13.9. The molecule has 0 aromatic heterocycles. The molecule has 2 fully saturated rings. The molecule has 4 rings (SSSR count). The molecule has 9 nitrogen and oxygen atoms in total. The molecule has 236 valence electrons. The number of urea groups is 1. The summed E-state index contributed by atoms with van der Waals surface area (Å²) in [4.78, 5) is 33.7. The molecule has 1 heterocycles. The minimum absolute atomic E-state index is 0.0181. The van der Waals surface area contributed by atoms with E-state index in [0.717, 1.165) is 37.9 Å². The van der Waals surface area contributed by atoms with Crippen molar-refractivity contribution in [2.75, 3.05) is 60.2 Å². The summed E-state index contributed by atoms with van der Waals surface area (Å²) in [7, 11) is 3.27. The van der Waals surface area contributed by atoms with Crippen molar-refractivity contribution < 1.29 is 23.8 Å². The van der Waals surface area contributed by atoms with E-state index in [-0.39, 0.29) is 29.8 Å². The number of carbonyl (C=O) groups excluding carboxylic acids is 2. The lowest BCUT2D eigenvalue weighted by Gasteiger charge is -2.35. The normalized spacial score (nSPS) is 18.0. The molecular weight excluding hydrogens is 544 g/mol. The van der Waals surface area contributed by atoms with Gasteiger partial charge < -0.3 is 34.2 Å². The minimum atomic E-state index is -0.0276. The average Bonchev–Trinajstić information content (AvgIpc) is 3.77. The van der Waals surface area contributed by atoms with E-state index in [1.807, 2.05) is 41.0 Å². The quantitative estimate of drug-likeness (QED) is 0.278. The van der Waals surface area contributed by atoms with Gasteiger partial charge in [-0.15, -0.1) is 0 Å². The van der Waals surface area contributed by atoms with Crippen molar-refractivity contribution in [3.8, 4) is 11.5 Å². The maximum atomic E-state index is 13.9. The summed E-state index contributed by atoms with van der Waals surface area (Å²) in [5.74, 6) is 1.64. The van der Waals surface area contributed by atoms with E-state index >= 15 is 0 Å². The molecule has 2 aliphatic rings. The fraction of sp³-hybridized carbons (Fsp3) is 0.588. The molecule has 2 aromatic rings. The monoisotopic (exact) mass is 594 g/mol. The summed E-state index contributed by atoms with van der Waals surface area (Å²) in [6, 6.07) is 16.0. The number of methoxy groups -OCH3 is 2. The van der Waals surface area contributed by atoms with Crippen LogP contribution in [-0.2, 0) is 11.3 Å². The highest BCUT2D eigenvalue weighted by atomic mass is 16.5. The van der Waals surface area contributed by atoms with Crippen LogP contribution in [0.3, 0.4) is 0 Å². The summed E-state index contributed by atoms with van der Waals surface area (Å²) < 4.78 is 16.5. The van der Waals surface area contributed by atoms with Crippen LogP contribution in [0.5, 0.6) is 11.5 Å². The molecule has 1 aliphatic heterocycles. The van der Waals surface area contributed by atoms with Crippen LogP contribution in [0.25, 0.3) is 0 Å². The first-order valence-electron chi connectivity index (χ1n) is 15.8. The lowest BCUT2D eigenvalue weighted by molar-refractivity contribution is 0.0649. The van der Waals surface area contributed by atoms with Gasteiger partial charge in [0.15, 0.2) is 11.5 Å². The molecule has 2 aromatic carbocycles. The number of nitrogens with zero attached hydrogens (tertiary/aromatic N) is 3. The van der Waals surface area contributed by atoms with E-state index in [0.29, 0.717) is 62.5 Å². The van der Waals surface area contributed by atoms with Crippen molar-refractivity contribution in [1.82, 2.24) is 20.0 Å². The van der Waals surface area contributed by atoms with Crippen molar-refractivity contribution >= 4 is 11.9 Å². The highest BCUT2D eigenvalue weighted by Crippen LogP contribution is 2.32. The Balaban J connectivity index is 1.44. The molecular formula is C34H50N4O5. The molecule has 1 N–H and O–H groups in total. The Kier molecular flexibility index (Phi) is 12.1. The number of rotatable bonds is 16. The lowest BCUT2D eigenvalue weighted by atomic mass is 9.94. The largest absolute Gasteiger partial charge is 0.493 e. The minimum Gasteiger partial charge on any atom is -0.493 e. The number of carbonyl (C=O) groups is 2. The number of ether oxygens (including phenoxy) is 3. The van der Waals surface area contributed by atoms with Gasteiger partial charge in [-0.05, 0) is 69.2 Å². The van der Waals surface area contributed by atoms with Crippen LogP contribution in [0.4, 0.5) is 4.79 Å². The third kappa shape index (κ3) is 8.86. The zero-order valence-corrected chi connectivity index (χ0v) is 26.6. The Morgan fingerprint density at radius 1 is 0.953 bits per heavy atom. The summed E-state index contributed by atoms with van der Waals surface area (Å²) in [5.41, 5.74) is 1.72. The smallest absolute Gasteiger partial charge is 0.320 e. The molecule has 9 heteroatoms. The van der Waals surface area contributed by atoms with Gasteiger partial charge >= 0.3 is 6.03 Å². The third-order valence-corrected chi connectivity index (χ3v) is 8.49. The first kappa shape index (κ1) is 32.6. The zero-order chi connectivity index (χ0) is 30.8. The molecule has 1 aliphatic carbocycles. The van der Waals surface area contributed by atoms with Gasteiger partial charge in [0.2, 0.25) is 0 Å². The van der Waals surface area contributed by atoms with Crippen LogP contribution >= 0.6 is 0 Å². The number of nitrogens with one attached hydrogen (secondary N) is 1. The van der Waals surface area contributed by atoms with Crippen LogP contribution in [-0.4, -0.2) is 98.9 Å². The zero-order valence-electron chi connectivity index (χ0n) is 26.6. The molecule has 1 saturated heterocycles. The van der Waals surface area contributed by atoms with Crippen LogP contribution in [0.1, 0.15) is 56.0 Å². The standard InChI is InChI=1S/C34H50N4O5/c1-6-36(22-26-11-8-7-9-12-26)34(40)38(30-14-15-30)24-29-21-35-20-28(29)23-37(25(2)3)33(39)27-13-16-31(42-5)32(19-27)43-18-10-17-41-4/h7-9,11-13,16,19,25,28-30,35H,6,10,14-15,17-18,20-24H2,1-5H3/t28-,29+/m0/s1. The van der Waals surface area contributed by atoms with Crippen LogP contribution < -0.4 is 14.8 Å². The van der Waals surface area contributed by atoms with E-state index in [2.05, 4.69) is 36.2 Å². The Hall–Kier alpha value is -3.30. The predicted octanol–water partition coefficient (Wildman–Crippen LogP) is 4.90. The Morgan fingerprint density at radius 2 is 1.67 bits per heavy atom. The third-order valence-electron chi connectivity index (χ3n) is 8.49. The van der Waals surface area contributed by atoms with Crippen LogP contribution in [0.2, 0.25) is 0 Å². The van der Waals surface area contributed by atoms with E-state index in [1.165, 1.54) is 0 Å². The fourth-order valence-corrected chi connectivity index (χ4v) is 5.79. The second-order valence-electron chi connectivity index (χ2n) is 12.0. The fourth-order valence-electron chi connectivity index (χ4n) is 5.79. The van der Waals surface area contributed by atoms with Gasteiger partial charge in [0.25, 0.3) is 5.91 Å². The lowest BCUT2D eigenvalue weighted by Crippen LogP contribution is -2.48.